The van der Waals surface area contributed by atoms with Crippen LogP contribution in [0.3, 0.4) is 0 Å². The number of nitrogens with one attached hydrogen (secondary N) is 2. The predicted octanol–water partition coefficient (Wildman–Crippen LogP) is 2.38. The zero-order valence-corrected chi connectivity index (χ0v) is 10.6. The van der Waals surface area contributed by atoms with Gasteiger partial charge in [-0.25, -0.2) is 0 Å². The largest absolute Gasteiger partial charge is 0.397 e. The summed E-state index contributed by atoms with van der Waals surface area (Å²) in [6.07, 6.45) is -5.23. The van der Waals surface area contributed by atoms with Gasteiger partial charge >= 0.3 is 6.18 Å². The van der Waals surface area contributed by atoms with Crippen molar-refractivity contribution in [2.45, 2.75) is 25.6 Å². The van der Waals surface area contributed by atoms with Crippen molar-refractivity contribution in [3.05, 3.63) is 23.8 Å². The molecule has 0 bridgehead atoms. The molecular weight excluding hydrogens is 259 g/mol. The summed E-state index contributed by atoms with van der Waals surface area (Å²) in [4.78, 5) is 11.4. The summed E-state index contributed by atoms with van der Waals surface area (Å²) in [5.74, 6) is -0.327. The number of benzene rings is 1. The molecule has 19 heavy (non-hydrogen) atoms. The number of amides is 1. The fourth-order valence-electron chi connectivity index (χ4n) is 1.63. The third-order valence-electron chi connectivity index (χ3n) is 2.48. The molecule has 1 rings (SSSR count). The number of carbonyl (C=O) groups is 1. The first-order chi connectivity index (χ1) is 8.73. The molecule has 0 aliphatic carbocycles. The molecule has 0 heterocycles. The van der Waals surface area contributed by atoms with Crippen molar-refractivity contribution in [1.29, 1.82) is 0 Å². The molecular formula is C12H16F3N3O. The fraction of sp³-hybridized carbons (Fsp3) is 0.417. The van der Waals surface area contributed by atoms with Gasteiger partial charge in [-0.3, -0.25) is 4.79 Å². The molecule has 0 saturated carbocycles. The van der Waals surface area contributed by atoms with Crippen molar-refractivity contribution < 1.29 is 18.0 Å². The summed E-state index contributed by atoms with van der Waals surface area (Å²) in [5, 5.41) is 5.09. The highest BCUT2D eigenvalue weighted by molar-refractivity contribution is 5.96. The van der Waals surface area contributed by atoms with Crippen LogP contribution in [0, 0.1) is 0 Å². The number of alkyl halides is 3. The lowest BCUT2D eigenvalue weighted by molar-refractivity contribution is -0.136. The molecule has 1 amide bonds. The quantitative estimate of drug-likeness (QED) is 0.739. The molecule has 4 N–H and O–H groups in total. The summed E-state index contributed by atoms with van der Waals surface area (Å²) < 4.78 is 36.7. The molecule has 1 aromatic rings. The van der Waals surface area contributed by atoms with E-state index in [2.05, 4.69) is 10.6 Å². The van der Waals surface area contributed by atoms with E-state index in [0.29, 0.717) is 16.9 Å². The molecule has 0 saturated heterocycles. The first kappa shape index (κ1) is 15.1. The summed E-state index contributed by atoms with van der Waals surface area (Å²) >= 11 is 0. The van der Waals surface area contributed by atoms with Gasteiger partial charge in [-0.1, -0.05) is 0 Å². The minimum absolute atomic E-state index is 0.293. The van der Waals surface area contributed by atoms with Crippen LogP contribution in [0.4, 0.5) is 24.5 Å². The van der Waals surface area contributed by atoms with Gasteiger partial charge in [0.25, 0.3) is 5.91 Å². The van der Waals surface area contributed by atoms with Crippen LogP contribution in [0.15, 0.2) is 18.2 Å². The van der Waals surface area contributed by atoms with Crippen LogP contribution in [0.2, 0.25) is 0 Å². The summed E-state index contributed by atoms with van der Waals surface area (Å²) in [5.41, 5.74) is 6.61. The van der Waals surface area contributed by atoms with Gasteiger partial charge < -0.3 is 16.4 Å². The molecule has 0 aliphatic heterocycles. The zero-order chi connectivity index (χ0) is 14.6. The van der Waals surface area contributed by atoms with Gasteiger partial charge in [0, 0.05) is 18.7 Å². The Morgan fingerprint density at radius 2 is 2.05 bits per heavy atom. The normalized spacial score (nSPS) is 12.9. The fourth-order valence-corrected chi connectivity index (χ4v) is 1.63. The maximum absolute atomic E-state index is 12.2. The molecule has 0 aromatic heterocycles. The van der Waals surface area contributed by atoms with Gasteiger partial charge in [0.15, 0.2) is 0 Å². The molecule has 1 atom stereocenters. The van der Waals surface area contributed by atoms with Crippen LogP contribution in [-0.4, -0.2) is 25.2 Å². The second-order valence-corrected chi connectivity index (χ2v) is 4.25. The molecule has 4 nitrogen and oxygen atoms in total. The molecule has 0 aliphatic rings. The average Bonchev–Trinajstić information content (AvgIpc) is 2.28. The van der Waals surface area contributed by atoms with Crippen LogP contribution in [-0.2, 0) is 0 Å². The van der Waals surface area contributed by atoms with Crippen molar-refractivity contribution in [3.8, 4) is 0 Å². The van der Waals surface area contributed by atoms with Gasteiger partial charge in [-0.2, -0.15) is 13.2 Å². The number of hydrogen-bond donors (Lipinski definition) is 3. The second-order valence-electron chi connectivity index (χ2n) is 4.25. The molecule has 106 valence electrons. The maximum Gasteiger partial charge on any atom is 0.391 e. The van der Waals surface area contributed by atoms with E-state index in [-0.39, 0.29) is 5.91 Å². The highest BCUT2D eigenvalue weighted by Crippen LogP contribution is 2.26. The van der Waals surface area contributed by atoms with Gasteiger partial charge in [0.2, 0.25) is 0 Å². The van der Waals surface area contributed by atoms with E-state index in [1.165, 1.54) is 32.2 Å². The van der Waals surface area contributed by atoms with E-state index >= 15 is 0 Å². The molecule has 0 spiro atoms. The Kier molecular flexibility index (Phi) is 4.63. The number of carbonyl (C=O) groups excluding carboxylic acids is 1. The van der Waals surface area contributed by atoms with Crippen LogP contribution in [0.5, 0.6) is 0 Å². The number of anilines is 2. The Labute approximate surface area is 109 Å². The van der Waals surface area contributed by atoms with Crippen LogP contribution >= 0.6 is 0 Å². The lowest BCUT2D eigenvalue weighted by Gasteiger charge is -2.18. The van der Waals surface area contributed by atoms with Crippen molar-refractivity contribution in [2.24, 2.45) is 0 Å². The van der Waals surface area contributed by atoms with E-state index in [4.69, 9.17) is 5.73 Å². The van der Waals surface area contributed by atoms with E-state index < -0.39 is 18.6 Å². The van der Waals surface area contributed by atoms with Crippen molar-refractivity contribution in [2.75, 3.05) is 18.1 Å². The Balaban J connectivity index is 2.85. The lowest BCUT2D eigenvalue weighted by Crippen LogP contribution is -2.24. The van der Waals surface area contributed by atoms with Crippen molar-refractivity contribution in [3.63, 3.8) is 0 Å². The summed E-state index contributed by atoms with van der Waals surface area (Å²) in [6, 6.07) is 3.59. The van der Waals surface area contributed by atoms with Crippen molar-refractivity contribution >= 4 is 17.3 Å². The SMILES string of the molecule is CNC(=O)c1ccc(N)c(NC(C)CC(F)(F)F)c1. The zero-order valence-electron chi connectivity index (χ0n) is 10.6. The number of halogens is 3. The van der Waals surface area contributed by atoms with Crippen molar-refractivity contribution in [1.82, 2.24) is 5.32 Å². The molecule has 0 radical (unpaired) electrons. The Morgan fingerprint density at radius 1 is 1.42 bits per heavy atom. The minimum Gasteiger partial charge on any atom is -0.397 e. The predicted molar refractivity (Wildman–Crippen MR) is 68.0 cm³/mol. The molecule has 1 unspecified atom stereocenters. The minimum atomic E-state index is -4.25. The summed E-state index contributed by atoms with van der Waals surface area (Å²) in [6.45, 7) is 1.40. The molecule has 1 aromatic carbocycles. The molecule has 7 heteroatoms. The Bertz CT molecular complexity index is 460. The van der Waals surface area contributed by atoms with Gasteiger partial charge in [-0.05, 0) is 25.1 Å². The maximum atomic E-state index is 12.2. The Morgan fingerprint density at radius 3 is 2.58 bits per heavy atom. The number of rotatable bonds is 4. The van der Waals surface area contributed by atoms with E-state index in [1.807, 2.05) is 0 Å². The van der Waals surface area contributed by atoms with E-state index in [0.717, 1.165) is 0 Å². The van der Waals surface area contributed by atoms with Gasteiger partial charge in [0.05, 0.1) is 17.8 Å². The van der Waals surface area contributed by atoms with Crippen LogP contribution in [0.25, 0.3) is 0 Å². The second kappa shape index (κ2) is 5.81. The summed E-state index contributed by atoms with van der Waals surface area (Å²) in [7, 11) is 1.47. The third kappa shape index (κ3) is 4.69. The van der Waals surface area contributed by atoms with Gasteiger partial charge in [0.1, 0.15) is 0 Å². The van der Waals surface area contributed by atoms with E-state index in [9.17, 15) is 18.0 Å². The Hall–Kier alpha value is -1.92. The van der Waals surface area contributed by atoms with Crippen LogP contribution in [0.1, 0.15) is 23.7 Å². The highest BCUT2D eigenvalue weighted by Gasteiger charge is 2.30. The van der Waals surface area contributed by atoms with Crippen LogP contribution < -0.4 is 16.4 Å². The highest BCUT2D eigenvalue weighted by atomic mass is 19.4. The average molecular weight is 275 g/mol. The third-order valence-corrected chi connectivity index (χ3v) is 2.48. The smallest absolute Gasteiger partial charge is 0.391 e. The first-order valence-electron chi connectivity index (χ1n) is 5.68. The van der Waals surface area contributed by atoms with Gasteiger partial charge in [-0.15, -0.1) is 0 Å². The first-order valence-corrected chi connectivity index (χ1v) is 5.68. The van der Waals surface area contributed by atoms with E-state index in [1.54, 1.807) is 0 Å². The topological polar surface area (TPSA) is 67.2 Å². The number of nitrogen functional groups attached to an aromatic ring is 1. The number of hydrogen-bond acceptors (Lipinski definition) is 3. The molecule has 0 fully saturated rings. The monoisotopic (exact) mass is 275 g/mol. The number of nitrogens with two attached hydrogens (primary N) is 1. The standard InChI is InChI=1S/C12H16F3N3O/c1-7(6-12(13,14)15)18-10-5-8(11(19)17-2)3-4-9(10)16/h3-5,7,18H,6,16H2,1-2H3,(H,17,19). The lowest BCUT2D eigenvalue weighted by atomic mass is 10.1.